The summed E-state index contributed by atoms with van der Waals surface area (Å²) in [7, 11) is 0. The van der Waals surface area contributed by atoms with Gasteiger partial charge >= 0.3 is 0 Å². The molecule has 0 atom stereocenters. The maximum absolute atomic E-state index is 3.89. The van der Waals surface area contributed by atoms with Crippen molar-refractivity contribution in [1.29, 1.82) is 0 Å². The van der Waals surface area contributed by atoms with Crippen molar-refractivity contribution in [3.05, 3.63) is 36.9 Å². The van der Waals surface area contributed by atoms with E-state index in [0.29, 0.717) is 0 Å². The normalized spacial score (nSPS) is 7.57. The summed E-state index contributed by atoms with van der Waals surface area (Å²) < 4.78 is 0. The number of hydrogen-bond acceptors (Lipinski definition) is 2. The van der Waals surface area contributed by atoms with Gasteiger partial charge in [0, 0.05) is 41.5 Å². The average molecular weight is 528 g/mol. The summed E-state index contributed by atoms with van der Waals surface area (Å²) in [6, 6.07) is 4.85. The van der Waals surface area contributed by atoms with Crippen molar-refractivity contribution in [2.45, 2.75) is 13.8 Å². The summed E-state index contributed by atoms with van der Waals surface area (Å²) in [6.07, 6.45) is 7.86. The van der Waals surface area contributed by atoms with Crippen LogP contribution < -0.4 is 0 Å². The molecule has 0 saturated carbocycles. The van der Waals surface area contributed by atoms with Crippen LogP contribution in [0.3, 0.4) is 0 Å². The van der Waals surface area contributed by atoms with E-state index in [9.17, 15) is 0 Å². The van der Waals surface area contributed by atoms with Crippen LogP contribution in [0.1, 0.15) is 13.8 Å². The molecule has 0 bridgehead atoms. The molecule has 0 aromatic carbocycles. The molecule has 14 heavy (non-hydrogen) atoms. The molecule has 2 rings (SSSR count). The molecular weight excluding hydrogens is 518 g/mol. The Hall–Kier alpha value is -0.0894. The Labute approximate surface area is 112 Å². The van der Waals surface area contributed by atoms with Crippen LogP contribution in [0.5, 0.6) is 0 Å². The van der Waals surface area contributed by atoms with Gasteiger partial charge in [-0.3, -0.25) is 5.39 Å². The summed E-state index contributed by atoms with van der Waals surface area (Å²) in [4.78, 5) is 7.71. The molecule has 2 aromatic rings. The van der Waals surface area contributed by atoms with E-state index in [1.54, 1.807) is 18.6 Å². The molecule has 0 spiro atoms. The van der Waals surface area contributed by atoms with Crippen LogP contribution in [0.2, 0.25) is 0 Å². The molecule has 2 heterocycles. The van der Waals surface area contributed by atoms with Crippen molar-refractivity contribution < 1.29 is 41.5 Å². The van der Waals surface area contributed by atoms with E-state index >= 15 is 0 Å². The van der Waals surface area contributed by atoms with E-state index in [4.69, 9.17) is 0 Å². The number of rotatable bonds is 0. The van der Waals surface area contributed by atoms with Gasteiger partial charge in [-0.2, -0.15) is 0 Å². The van der Waals surface area contributed by atoms with E-state index in [-0.39, 0.29) is 41.5 Å². The SMILES string of the molecule is CC.[Re].[W].[c-]1cncc2[c-]nccc12. The Morgan fingerprint density at radius 2 is 1.93 bits per heavy atom. The van der Waals surface area contributed by atoms with Gasteiger partial charge in [-0.1, -0.05) is 20.0 Å². The van der Waals surface area contributed by atoms with Gasteiger partial charge in [0.25, 0.3) is 0 Å². The minimum atomic E-state index is 0. The van der Waals surface area contributed by atoms with Crippen molar-refractivity contribution in [2.75, 3.05) is 0 Å². The van der Waals surface area contributed by atoms with Gasteiger partial charge in [0.1, 0.15) is 0 Å². The maximum atomic E-state index is 3.89. The molecule has 0 saturated heterocycles. The van der Waals surface area contributed by atoms with Crippen LogP contribution in [0.4, 0.5) is 0 Å². The van der Waals surface area contributed by atoms with Crippen LogP contribution in [-0.2, 0) is 41.5 Å². The monoisotopic (exact) mass is 529 g/mol. The predicted octanol–water partition coefficient (Wildman–Crippen LogP) is 2.25. The van der Waals surface area contributed by atoms with Crippen molar-refractivity contribution in [1.82, 2.24) is 9.97 Å². The number of nitrogens with zero attached hydrogens (tertiary/aromatic N) is 2. The van der Waals surface area contributed by atoms with Crippen LogP contribution in [0.25, 0.3) is 10.8 Å². The zero-order chi connectivity index (χ0) is 8.81. The maximum Gasteiger partial charge on any atom is 0 e. The van der Waals surface area contributed by atoms with Gasteiger partial charge in [-0.05, 0) is 0 Å². The minimum absolute atomic E-state index is 0. The number of hydrogen-bond donors (Lipinski definition) is 0. The molecular formula is C10H10N2ReW-2. The Morgan fingerprint density at radius 3 is 2.57 bits per heavy atom. The molecule has 1 radical (unpaired) electrons. The third-order valence-corrected chi connectivity index (χ3v) is 1.29. The predicted molar refractivity (Wildman–Crippen MR) is 48.6 cm³/mol. The fourth-order valence-corrected chi connectivity index (χ4v) is 0.812. The minimum Gasteiger partial charge on any atom is -0.387 e. The fraction of sp³-hybridized carbons (Fsp3) is 0.200. The first-order valence-electron chi connectivity index (χ1n) is 3.95. The topological polar surface area (TPSA) is 25.8 Å². The molecule has 75 valence electrons. The molecule has 0 fully saturated rings. The molecule has 4 heteroatoms. The van der Waals surface area contributed by atoms with E-state index < -0.39 is 0 Å². The summed E-state index contributed by atoms with van der Waals surface area (Å²) in [6.45, 7) is 4.00. The molecule has 2 aromatic heterocycles. The van der Waals surface area contributed by atoms with E-state index in [1.807, 2.05) is 19.9 Å². The number of pyridine rings is 2. The Bertz CT molecular complexity index is 289. The number of fused-ring (bicyclic) bond motifs is 1. The van der Waals surface area contributed by atoms with Gasteiger partial charge in [-0.25, -0.2) is 17.5 Å². The molecule has 0 amide bonds. The van der Waals surface area contributed by atoms with Gasteiger partial charge in [-0.15, -0.1) is 18.6 Å². The second-order valence-electron chi connectivity index (χ2n) is 1.94. The second kappa shape index (κ2) is 9.47. The Morgan fingerprint density at radius 1 is 1.21 bits per heavy atom. The van der Waals surface area contributed by atoms with Crippen molar-refractivity contribution >= 4 is 10.8 Å². The van der Waals surface area contributed by atoms with Gasteiger partial charge in [0.05, 0.1) is 0 Å². The van der Waals surface area contributed by atoms with Gasteiger partial charge in [0.15, 0.2) is 0 Å². The zero-order valence-electron chi connectivity index (χ0n) is 7.99. The summed E-state index contributed by atoms with van der Waals surface area (Å²) in [5.41, 5.74) is 0. The molecule has 0 N–H and O–H groups in total. The van der Waals surface area contributed by atoms with Crippen LogP contribution >= 0.6 is 0 Å². The molecule has 0 aliphatic rings. The van der Waals surface area contributed by atoms with Crippen LogP contribution in [0, 0.1) is 12.3 Å². The first-order chi connectivity index (χ1) is 5.97. The smallest absolute Gasteiger partial charge is 0 e. The summed E-state index contributed by atoms with van der Waals surface area (Å²) in [5.74, 6) is 0. The molecule has 2 nitrogen and oxygen atoms in total. The van der Waals surface area contributed by atoms with E-state index in [2.05, 4.69) is 22.2 Å². The first kappa shape index (κ1) is 16.3. The van der Waals surface area contributed by atoms with Gasteiger partial charge < -0.3 is 9.97 Å². The standard InChI is InChI=1S/C8H4N2.C2H6.Re.W/c1-3-9-5-8-6-10-4-2-7(1)8;1-2;;/h1,3-4,6H;1-2H3;;/q-2;;;. The molecule has 0 aliphatic heterocycles. The van der Waals surface area contributed by atoms with Crippen molar-refractivity contribution in [2.24, 2.45) is 0 Å². The van der Waals surface area contributed by atoms with Gasteiger partial charge in [0.2, 0.25) is 0 Å². The Balaban J connectivity index is 0. The first-order valence-corrected chi connectivity index (χ1v) is 3.95. The fourth-order valence-electron chi connectivity index (χ4n) is 0.812. The largest absolute Gasteiger partial charge is 0.387 e. The summed E-state index contributed by atoms with van der Waals surface area (Å²) in [5, 5.41) is 1.91. The van der Waals surface area contributed by atoms with Crippen molar-refractivity contribution in [3.8, 4) is 0 Å². The quantitative estimate of drug-likeness (QED) is 0.491. The summed E-state index contributed by atoms with van der Waals surface area (Å²) >= 11 is 0. The Kier molecular flexibility index (Phi) is 11.1. The number of aromatic nitrogens is 2. The van der Waals surface area contributed by atoms with Crippen LogP contribution in [0.15, 0.2) is 24.7 Å². The zero-order valence-corrected chi connectivity index (χ0v) is 13.6. The van der Waals surface area contributed by atoms with Crippen molar-refractivity contribution in [3.63, 3.8) is 0 Å². The second-order valence-corrected chi connectivity index (χ2v) is 1.94. The average Bonchev–Trinajstić information content (AvgIpc) is 2.21. The van der Waals surface area contributed by atoms with E-state index in [1.165, 1.54) is 0 Å². The van der Waals surface area contributed by atoms with E-state index in [0.717, 1.165) is 10.8 Å². The van der Waals surface area contributed by atoms with Crippen LogP contribution in [-0.4, -0.2) is 9.97 Å². The third-order valence-electron chi connectivity index (χ3n) is 1.29. The third kappa shape index (κ3) is 4.42. The molecule has 0 unspecified atom stereocenters. The molecule has 0 aliphatic carbocycles.